The van der Waals surface area contributed by atoms with E-state index in [0.29, 0.717) is 12.5 Å². The fourth-order valence-corrected chi connectivity index (χ4v) is 2.53. The third-order valence-electron chi connectivity index (χ3n) is 4.06. The fraction of sp³-hybridized carbons (Fsp3) is 0.571. The number of nitro groups is 1. The Hall–Kier alpha value is -1.46. The van der Waals surface area contributed by atoms with E-state index in [-0.39, 0.29) is 22.8 Å². The number of benzene rings is 1. The average molecular weight is 264 g/mol. The first-order valence-electron chi connectivity index (χ1n) is 6.65. The van der Waals surface area contributed by atoms with Gasteiger partial charge in [-0.25, -0.2) is 0 Å². The summed E-state index contributed by atoms with van der Waals surface area (Å²) in [5.41, 5.74) is 1.05. The van der Waals surface area contributed by atoms with Gasteiger partial charge in [0.2, 0.25) is 0 Å². The Kier molecular flexibility index (Phi) is 4.17. The van der Waals surface area contributed by atoms with Gasteiger partial charge in [-0.15, -0.1) is 0 Å². The monoisotopic (exact) mass is 264 g/mol. The van der Waals surface area contributed by atoms with Gasteiger partial charge < -0.3 is 5.11 Å². The number of β-amino-alcohol motifs (C(OH)–C–C–N with tert-alkyl or cyclic N) is 1. The molecule has 0 spiro atoms. The highest BCUT2D eigenvalue weighted by atomic mass is 16.6. The van der Waals surface area contributed by atoms with Crippen LogP contribution < -0.4 is 0 Å². The van der Waals surface area contributed by atoms with E-state index in [9.17, 15) is 15.2 Å². The topological polar surface area (TPSA) is 66.6 Å². The van der Waals surface area contributed by atoms with Crippen LogP contribution in [0.2, 0.25) is 0 Å². The van der Waals surface area contributed by atoms with Crippen molar-refractivity contribution in [1.82, 2.24) is 4.90 Å². The highest BCUT2D eigenvalue weighted by Gasteiger charge is 2.28. The van der Waals surface area contributed by atoms with Crippen molar-refractivity contribution < 1.29 is 10.0 Å². The van der Waals surface area contributed by atoms with Gasteiger partial charge in [0.05, 0.1) is 11.0 Å². The predicted molar refractivity (Wildman–Crippen MR) is 72.9 cm³/mol. The number of hydrogen-bond acceptors (Lipinski definition) is 4. The largest absolute Gasteiger partial charge is 0.392 e. The summed E-state index contributed by atoms with van der Waals surface area (Å²) in [4.78, 5) is 12.6. The summed E-state index contributed by atoms with van der Waals surface area (Å²) in [5, 5.41) is 20.7. The van der Waals surface area contributed by atoms with Crippen molar-refractivity contribution in [3.63, 3.8) is 0 Å². The quantitative estimate of drug-likeness (QED) is 0.672. The molecule has 0 aromatic heterocycles. The molecule has 1 saturated heterocycles. The molecule has 5 nitrogen and oxygen atoms in total. The van der Waals surface area contributed by atoms with E-state index in [2.05, 4.69) is 11.8 Å². The smallest absolute Gasteiger partial charge is 0.269 e. The van der Waals surface area contributed by atoms with Gasteiger partial charge in [0, 0.05) is 24.7 Å². The molecule has 0 aliphatic carbocycles. The van der Waals surface area contributed by atoms with Crippen molar-refractivity contribution in [1.29, 1.82) is 0 Å². The van der Waals surface area contributed by atoms with E-state index >= 15 is 0 Å². The number of hydrogen-bond donors (Lipinski definition) is 1. The van der Waals surface area contributed by atoms with Crippen LogP contribution in [0.1, 0.15) is 31.9 Å². The van der Waals surface area contributed by atoms with E-state index in [1.54, 1.807) is 12.1 Å². The van der Waals surface area contributed by atoms with E-state index in [1.165, 1.54) is 6.07 Å². The molecule has 2 rings (SSSR count). The third-order valence-corrected chi connectivity index (χ3v) is 4.06. The molecule has 104 valence electrons. The second kappa shape index (κ2) is 5.67. The van der Waals surface area contributed by atoms with Crippen molar-refractivity contribution in [3.05, 3.63) is 39.9 Å². The lowest BCUT2D eigenvalue weighted by atomic mass is 9.94. The maximum absolute atomic E-state index is 10.8. The molecular formula is C14H20N2O3. The normalized spacial score (nSPS) is 26.1. The van der Waals surface area contributed by atoms with Crippen molar-refractivity contribution in [2.75, 3.05) is 13.1 Å². The molecule has 3 atom stereocenters. The second-order valence-electron chi connectivity index (χ2n) is 5.36. The van der Waals surface area contributed by atoms with Crippen LogP contribution >= 0.6 is 0 Å². The van der Waals surface area contributed by atoms with Crippen LogP contribution in [0.3, 0.4) is 0 Å². The van der Waals surface area contributed by atoms with Gasteiger partial charge in [-0.2, -0.15) is 0 Å². The van der Waals surface area contributed by atoms with Crippen molar-refractivity contribution >= 4 is 5.69 Å². The molecule has 1 aliphatic heterocycles. The average Bonchev–Trinajstić information content (AvgIpc) is 2.41. The molecule has 0 saturated carbocycles. The first kappa shape index (κ1) is 14.0. The van der Waals surface area contributed by atoms with Crippen molar-refractivity contribution in [2.45, 2.75) is 32.4 Å². The zero-order valence-corrected chi connectivity index (χ0v) is 11.3. The third kappa shape index (κ3) is 3.11. The van der Waals surface area contributed by atoms with Gasteiger partial charge in [0.15, 0.2) is 0 Å². The number of nitro benzene ring substituents is 1. The summed E-state index contributed by atoms with van der Waals surface area (Å²) < 4.78 is 0. The molecule has 0 radical (unpaired) electrons. The maximum Gasteiger partial charge on any atom is 0.269 e. The molecule has 0 bridgehead atoms. The molecule has 5 heteroatoms. The fourth-order valence-electron chi connectivity index (χ4n) is 2.53. The number of rotatable bonds is 3. The summed E-state index contributed by atoms with van der Waals surface area (Å²) in [6.07, 6.45) is 0.648. The van der Waals surface area contributed by atoms with E-state index in [4.69, 9.17) is 0 Å². The Morgan fingerprint density at radius 3 is 2.89 bits per heavy atom. The zero-order chi connectivity index (χ0) is 14.0. The number of nitrogens with zero attached hydrogens (tertiary/aromatic N) is 2. The van der Waals surface area contributed by atoms with E-state index in [1.807, 2.05) is 13.0 Å². The number of piperidine rings is 1. The van der Waals surface area contributed by atoms with Crippen LogP contribution in [0.15, 0.2) is 24.3 Å². The summed E-state index contributed by atoms with van der Waals surface area (Å²) in [6, 6.07) is 6.83. The summed E-state index contributed by atoms with van der Waals surface area (Å²) in [6.45, 7) is 5.63. The van der Waals surface area contributed by atoms with E-state index < -0.39 is 0 Å². The Labute approximate surface area is 113 Å². The van der Waals surface area contributed by atoms with Gasteiger partial charge in [0.1, 0.15) is 0 Å². The molecule has 3 unspecified atom stereocenters. The lowest BCUT2D eigenvalue weighted by molar-refractivity contribution is -0.385. The minimum absolute atomic E-state index is 0.0852. The van der Waals surface area contributed by atoms with Crippen LogP contribution in [0.5, 0.6) is 0 Å². The van der Waals surface area contributed by atoms with Crippen LogP contribution in [0.25, 0.3) is 0 Å². The van der Waals surface area contributed by atoms with Gasteiger partial charge in [-0.05, 0) is 31.4 Å². The first-order chi connectivity index (χ1) is 8.99. The molecule has 19 heavy (non-hydrogen) atoms. The van der Waals surface area contributed by atoms with Crippen LogP contribution in [-0.4, -0.2) is 34.1 Å². The standard InChI is InChI=1S/C14H20N2O3/c1-10-6-7-15(9-14(10)17)11(2)12-4-3-5-13(8-12)16(18)19/h3-5,8,10-11,14,17H,6-7,9H2,1-2H3. The minimum Gasteiger partial charge on any atom is -0.392 e. The van der Waals surface area contributed by atoms with Gasteiger partial charge in [0.25, 0.3) is 5.69 Å². The van der Waals surface area contributed by atoms with Gasteiger partial charge >= 0.3 is 0 Å². The predicted octanol–water partition coefficient (Wildman–Crippen LogP) is 2.36. The SMILES string of the molecule is CC1CCN(C(C)c2cccc([N+](=O)[O-])c2)CC1O. The zero-order valence-electron chi connectivity index (χ0n) is 11.3. The van der Waals surface area contributed by atoms with Crippen LogP contribution in [-0.2, 0) is 0 Å². The molecule has 1 heterocycles. The van der Waals surface area contributed by atoms with Crippen LogP contribution in [0, 0.1) is 16.0 Å². The van der Waals surface area contributed by atoms with Crippen molar-refractivity contribution in [2.24, 2.45) is 5.92 Å². The highest BCUT2D eigenvalue weighted by Crippen LogP contribution is 2.28. The minimum atomic E-state index is -0.372. The summed E-state index contributed by atoms with van der Waals surface area (Å²) >= 11 is 0. The summed E-state index contributed by atoms with van der Waals surface area (Å²) in [5.74, 6) is 0.327. The molecule has 1 aromatic rings. The van der Waals surface area contributed by atoms with Gasteiger partial charge in [-0.1, -0.05) is 19.1 Å². The molecule has 1 aromatic carbocycles. The highest BCUT2D eigenvalue weighted by molar-refractivity contribution is 5.35. The Balaban J connectivity index is 2.13. The molecule has 1 N–H and O–H groups in total. The summed E-state index contributed by atoms with van der Waals surface area (Å²) in [7, 11) is 0. The Morgan fingerprint density at radius 2 is 2.26 bits per heavy atom. The lowest BCUT2D eigenvalue weighted by Crippen LogP contribution is -2.43. The lowest BCUT2D eigenvalue weighted by Gasteiger charge is -2.38. The maximum atomic E-state index is 10.8. The number of aliphatic hydroxyl groups is 1. The second-order valence-corrected chi connectivity index (χ2v) is 5.36. The number of non-ortho nitro benzene ring substituents is 1. The molecule has 0 amide bonds. The number of likely N-dealkylation sites (tertiary alicyclic amines) is 1. The van der Waals surface area contributed by atoms with E-state index in [0.717, 1.165) is 18.5 Å². The van der Waals surface area contributed by atoms with Crippen molar-refractivity contribution in [3.8, 4) is 0 Å². The Morgan fingerprint density at radius 1 is 1.53 bits per heavy atom. The van der Waals surface area contributed by atoms with Gasteiger partial charge in [-0.3, -0.25) is 15.0 Å². The molecular weight excluding hydrogens is 244 g/mol. The first-order valence-corrected chi connectivity index (χ1v) is 6.65. The molecule has 1 fully saturated rings. The molecule has 1 aliphatic rings. The van der Waals surface area contributed by atoms with Crippen LogP contribution in [0.4, 0.5) is 5.69 Å². The number of aliphatic hydroxyl groups excluding tert-OH is 1. The Bertz CT molecular complexity index is 464.